The molecule has 0 aliphatic carbocycles. The Bertz CT molecular complexity index is 958. The summed E-state index contributed by atoms with van der Waals surface area (Å²) in [5.74, 6) is -1.71. The Kier molecular flexibility index (Phi) is 4.88. The predicted molar refractivity (Wildman–Crippen MR) is 95.5 cm³/mol. The lowest BCUT2D eigenvalue weighted by Gasteiger charge is -2.09. The van der Waals surface area contributed by atoms with E-state index < -0.39 is 17.5 Å². The third-order valence-corrected chi connectivity index (χ3v) is 3.57. The van der Waals surface area contributed by atoms with Crippen molar-refractivity contribution in [3.63, 3.8) is 0 Å². The van der Waals surface area contributed by atoms with Crippen LogP contribution in [0.15, 0.2) is 48.5 Å². The van der Waals surface area contributed by atoms with E-state index in [1.807, 2.05) is 31.2 Å². The van der Waals surface area contributed by atoms with Crippen LogP contribution in [0.25, 0.3) is 0 Å². The molecule has 0 aliphatic heterocycles. The summed E-state index contributed by atoms with van der Waals surface area (Å²) in [6.45, 7) is 3.65. The van der Waals surface area contributed by atoms with E-state index in [-0.39, 0.29) is 11.4 Å². The SMILES string of the molecule is Cc1ccc(Nc2cc(C(=O)Nc3ccc(F)c(F)c3)nc(C)n2)cc1. The monoisotopic (exact) mass is 354 g/mol. The van der Waals surface area contributed by atoms with Gasteiger partial charge in [-0.15, -0.1) is 0 Å². The number of hydrogen-bond acceptors (Lipinski definition) is 4. The van der Waals surface area contributed by atoms with E-state index in [1.165, 1.54) is 12.1 Å². The molecule has 0 bridgehead atoms. The summed E-state index contributed by atoms with van der Waals surface area (Å²) in [7, 11) is 0. The summed E-state index contributed by atoms with van der Waals surface area (Å²) >= 11 is 0. The van der Waals surface area contributed by atoms with Gasteiger partial charge in [0.15, 0.2) is 11.6 Å². The van der Waals surface area contributed by atoms with Crippen LogP contribution in [-0.4, -0.2) is 15.9 Å². The zero-order valence-electron chi connectivity index (χ0n) is 14.2. The third kappa shape index (κ3) is 4.18. The number of aryl methyl sites for hydroxylation is 2. The molecule has 0 spiro atoms. The van der Waals surface area contributed by atoms with Crippen molar-refractivity contribution in [2.75, 3.05) is 10.6 Å². The zero-order valence-corrected chi connectivity index (χ0v) is 14.2. The number of rotatable bonds is 4. The normalized spacial score (nSPS) is 10.5. The van der Waals surface area contributed by atoms with Gasteiger partial charge in [-0.1, -0.05) is 17.7 Å². The molecule has 2 aromatic carbocycles. The molecule has 7 heteroatoms. The highest BCUT2D eigenvalue weighted by Crippen LogP contribution is 2.18. The molecule has 0 fully saturated rings. The predicted octanol–water partition coefficient (Wildman–Crippen LogP) is 4.37. The van der Waals surface area contributed by atoms with Crippen molar-refractivity contribution < 1.29 is 13.6 Å². The van der Waals surface area contributed by atoms with E-state index in [4.69, 9.17) is 0 Å². The van der Waals surface area contributed by atoms with Crippen molar-refractivity contribution in [2.24, 2.45) is 0 Å². The lowest BCUT2D eigenvalue weighted by Crippen LogP contribution is -2.15. The van der Waals surface area contributed by atoms with Crippen molar-refractivity contribution in [1.82, 2.24) is 9.97 Å². The molecule has 26 heavy (non-hydrogen) atoms. The van der Waals surface area contributed by atoms with Crippen LogP contribution in [0, 0.1) is 25.5 Å². The largest absolute Gasteiger partial charge is 0.340 e. The van der Waals surface area contributed by atoms with Gasteiger partial charge >= 0.3 is 0 Å². The fourth-order valence-electron chi connectivity index (χ4n) is 2.30. The van der Waals surface area contributed by atoms with E-state index in [0.717, 1.165) is 23.4 Å². The van der Waals surface area contributed by atoms with Gasteiger partial charge in [-0.3, -0.25) is 4.79 Å². The first-order chi connectivity index (χ1) is 12.4. The van der Waals surface area contributed by atoms with Gasteiger partial charge in [0, 0.05) is 23.5 Å². The van der Waals surface area contributed by atoms with E-state index in [0.29, 0.717) is 11.6 Å². The van der Waals surface area contributed by atoms with Crippen LogP contribution in [-0.2, 0) is 0 Å². The zero-order chi connectivity index (χ0) is 18.7. The van der Waals surface area contributed by atoms with Crippen LogP contribution in [0.1, 0.15) is 21.9 Å². The van der Waals surface area contributed by atoms with Crippen LogP contribution in [0.3, 0.4) is 0 Å². The molecule has 0 radical (unpaired) electrons. The molecule has 132 valence electrons. The van der Waals surface area contributed by atoms with Gasteiger partial charge in [-0.05, 0) is 38.1 Å². The van der Waals surface area contributed by atoms with Crippen molar-refractivity contribution in [2.45, 2.75) is 13.8 Å². The van der Waals surface area contributed by atoms with Gasteiger partial charge in [-0.25, -0.2) is 18.7 Å². The fourth-order valence-corrected chi connectivity index (χ4v) is 2.30. The molecular formula is C19H16F2N4O. The number of aromatic nitrogens is 2. The second-order valence-corrected chi connectivity index (χ2v) is 5.76. The van der Waals surface area contributed by atoms with Gasteiger partial charge in [0.1, 0.15) is 17.3 Å². The van der Waals surface area contributed by atoms with Crippen molar-refractivity contribution in [3.05, 3.63) is 77.2 Å². The number of nitrogens with zero attached hydrogens (tertiary/aromatic N) is 2. The van der Waals surface area contributed by atoms with Crippen LogP contribution in [0.2, 0.25) is 0 Å². The molecule has 5 nitrogen and oxygen atoms in total. The van der Waals surface area contributed by atoms with Gasteiger partial charge in [0.05, 0.1) is 0 Å². The topological polar surface area (TPSA) is 66.9 Å². The van der Waals surface area contributed by atoms with Crippen molar-refractivity contribution in [3.8, 4) is 0 Å². The molecule has 0 aliphatic rings. The molecular weight excluding hydrogens is 338 g/mol. The van der Waals surface area contributed by atoms with Crippen LogP contribution in [0.5, 0.6) is 0 Å². The minimum Gasteiger partial charge on any atom is -0.340 e. The standard InChI is InChI=1S/C19H16F2N4O/c1-11-3-5-13(6-4-11)24-18-10-17(22-12(2)23-18)19(26)25-14-7-8-15(20)16(21)9-14/h3-10H,1-2H3,(H,25,26)(H,22,23,24). The van der Waals surface area contributed by atoms with E-state index in [9.17, 15) is 13.6 Å². The summed E-state index contributed by atoms with van der Waals surface area (Å²) in [5.41, 5.74) is 2.19. The Morgan fingerprint density at radius 2 is 1.58 bits per heavy atom. The van der Waals surface area contributed by atoms with Crippen LogP contribution in [0.4, 0.5) is 26.0 Å². The molecule has 1 heterocycles. The summed E-state index contributed by atoms with van der Waals surface area (Å²) in [4.78, 5) is 20.7. The maximum atomic E-state index is 13.3. The summed E-state index contributed by atoms with van der Waals surface area (Å²) < 4.78 is 26.2. The number of carbonyl (C=O) groups excluding carboxylic acids is 1. The minimum atomic E-state index is -1.04. The molecule has 2 N–H and O–H groups in total. The average molecular weight is 354 g/mol. The highest BCUT2D eigenvalue weighted by molar-refractivity contribution is 6.03. The first kappa shape index (κ1) is 17.5. The van der Waals surface area contributed by atoms with Crippen molar-refractivity contribution in [1.29, 1.82) is 0 Å². The Labute approximate surface area is 149 Å². The summed E-state index contributed by atoms with van der Waals surface area (Å²) in [5, 5.41) is 5.60. The molecule has 3 aromatic rings. The third-order valence-electron chi connectivity index (χ3n) is 3.57. The number of carbonyl (C=O) groups is 1. The Morgan fingerprint density at radius 3 is 2.27 bits per heavy atom. The van der Waals surface area contributed by atoms with Crippen LogP contribution < -0.4 is 10.6 Å². The molecule has 0 saturated heterocycles. The number of hydrogen-bond donors (Lipinski definition) is 2. The lowest BCUT2D eigenvalue weighted by atomic mass is 10.2. The Hall–Kier alpha value is -3.35. The summed E-state index contributed by atoms with van der Waals surface area (Å²) in [6, 6.07) is 12.3. The lowest BCUT2D eigenvalue weighted by molar-refractivity contribution is 0.102. The van der Waals surface area contributed by atoms with E-state index in [2.05, 4.69) is 20.6 Å². The quantitative estimate of drug-likeness (QED) is 0.730. The van der Waals surface area contributed by atoms with E-state index in [1.54, 1.807) is 6.92 Å². The Morgan fingerprint density at radius 1 is 0.885 bits per heavy atom. The smallest absolute Gasteiger partial charge is 0.274 e. The number of amides is 1. The summed E-state index contributed by atoms with van der Waals surface area (Å²) in [6.07, 6.45) is 0. The highest BCUT2D eigenvalue weighted by atomic mass is 19.2. The second kappa shape index (κ2) is 7.26. The first-order valence-corrected chi connectivity index (χ1v) is 7.86. The minimum absolute atomic E-state index is 0.108. The Balaban J connectivity index is 1.80. The molecule has 0 unspecified atom stereocenters. The second-order valence-electron chi connectivity index (χ2n) is 5.76. The molecule has 0 saturated carbocycles. The van der Waals surface area contributed by atoms with Gasteiger partial charge in [-0.2, -0.15) is 0 Å². The maximum Gasteiger partial charge on any atom is 0.274 e. The van der Waals surface area contributed by atoms with Gasteiger partial charge in [0.25, 0.3) is 5.91 Å². The van der Waals surface area contributed by atoms with Crippen molar-refractivity contribution >= 4 is 23.1 Å². The highest BCUT2D eigenvalue weighted by Gasteiger charge is 2.12. The number of anilines is 3. The van der Waals surface area contributed by atoms with Gasteiger partial charge in [0.2, 0.25) is 0 Å². The number of halogens is 2. The molecule has 1 aromatic heterocycles. The van der Waals surface area contributed by atoms with E-state index >= 15 is 0 Å². The first-order valence-electron chi connectivity index (χ1n) is 7.86. The molecule has 1 amide bonds. The van der Waals surface area contributed by atoms with Crippen LogP contribution >= 0.6 is 0 Å². The molecule has 3 rings (SSSR count). The molecule has 0 atom stereocenters. The average Bonchev–Trinajstić information content (AvgIpc) is 2.60. The van der Waals surface area contributed by atoms with Gasteiger partial charge < -0.3 is 10.6 Å². The maximum absolute atomic E-state index is 13.3. The number of nitrogens with one attached hydrogen (secondary N) is 2. The number of benzene rings is 2. The fraction of sp³-hybridized carbons (Fsp3) is 0.105.